The van der Waals surface area contributed by atoms with Gasteiger partial charge in [0.05, 0.1) is 23.3 Å². The maximum atomic E-state index is 13.9. The second-order valence-electron chi connectivity index (χ2n) is 6.98. The Bertz CT molecular complexity index is 1150. The summed E-state index contributed by atoms with van der Waals surface area (Å²) in [6.07, 6.45) is -10.0. The monoisotopic (exact) mass is 472 g/mol. The molecule has 3 aromatic rings. The minimum Gasteiger partial charge on any atom is -0.394 e. The van der Waals surface area contributed by atoms with Gasteiger partial charge >= 0.3 is 6.18 Å². The first-order valence-electron chi connectivity index (χ1n) is 9.26. The van der Waals surface area contributed by atoms with E-state index in [-0.39, 0.29) is 27.8 Å². The molecule has 12 heteroatoms. The van der Waals surface area contributed by atoms with Gasteiger partial charge in [-0.05, 0) is 23.6 Å². The van der Waals surface area contributed by atoms with Crippen LogP contribution in [0.1, 0.15) is 5.56 Å². The van der Waals surface area contributed by atoms with Gasteiger partial charge in [0.1, 0.15) is 30.6 Å². The molecule has 0 saturated carbocycles. The molecule has 32 heavy (non-hydrogen) atoms. The van der Waals surface area contributed by atoms with Gasteiger partial charge in [0.2, 0.25) is 0 Å². The van der Waals surface area contributed by atoms with Crippen LogP contribution >= 0.6 is 11.3 Å². The number of aliphatic hydroxyl groups excluding tert-OH is 4. The Kier molecular flexibility index (Phi) is 7.00. The number of aliphatic hydroxyl groups is 4. The van der Waals surface area contributed by atoms with Crippen molar-refractivity contribution in [3.63, 3.8) is 0 Å². The van der Waals surface area contributed by atoms with Crippen molar-refractivity contribution in [3.05, 3.63) is 51.6 Å². The molecule has 0 spiro atoms. The summed E-state index contributed by atoms with van der Waals surface area (Å²) < 4.78 is 41.7. The number of pyridine rings is 1. The number of thiophene rings is 1. The van der Waals surface area contributed by atoms with Crippen LogP contribution in [-0.2, 0) is 11.0 Å². The van der Waals surface area contributed by atoms with Crippen molar-refractivity contribution < 1.29 is 38.4 Å². The second kappa shape index (κ2) is 9.38. The molecule has 0 unspecified atom stereocenters. The predicted octanol–water partition coefficient (Wildman–Crippen LogP) is 1.33. The Morgan fingerprint density at radius 1 is 1.16 bits per heavy atom. The van der Waals surface area contributed by atoms with E-state index in [9.17, 15) is 38.1 Å². The van der Waals surface area contributed by atoms with E-state index in [0.717, 1.165) is 23.5 Å². The molecule has 6 N–H and O–H groups in total. The highest BCUT2D eigenvalue weighted by Gasteiger charge is 2.38. The highest BCUT2D eigenvalue weighted by molar-refractivity contribution is 7.13. The molecule has 0 amide bonds. The molecule has 0 bridgehead atoms. The van der Waals surface area contributed by atoms with Gasteiger partial charge in [-0.1, -0.05) is 12.1 Å². The summed E-state index contributed by atoms with van der Waals surface area (Å²) in [5.41, 5.74) is -2.64. The lowest BCUT2D eigenvalue weighted by molar-refractivity contribution is -0.135. The molecule has 4 atom stereocenters. The molecule has 0 saturated heterocycles. The summed E-state index contributed by atoms with van der Waals surface area (Å²) in [6, 6.07) is 4.95. The highest BCUT2D eigenvalue weighted by atomic mass is 32.1. The smallest absolute Gasteiger partial charge is 0.394 e. The van der Waals surface area contributed by atoms with Crippen molar-refractivity contribution in [2.45, 2.75) is 30.5 Å². The number of alkyl halides is 3. The third-order valence-electron chi connectivity index (χ3n) is 4.84. The zero-order chi connectivity index (χ0) is 23.6. The lowest BCUT2D eigenvalue weighted by Crippen LogP contribution is -2.49. The van der Waals surface area contributed by atoms with Crippen LogP contribution in [0.3, 0.4) is 0 Å². The number of hydrogen-bond acceptors (Lipinski definition) is 8. The molecule has 3 rings (SSSR count). The van der Waals surface area contributed by atoms with Crippen molar-refractivity contribution in [1.82, 2.24) is 4.98 Å². The molecule has 0 aliphatic rings. The topological polar surface area (TPSA) is 143 Å². The number of rotatable bonds is 8. The Morgan fingerprint density at radius 3 is 2.44 bits per heavy atom. The molecular weight excluding hydrogens is 453 g/mol. The minimum absolute atomic E-state index is 0.0620. The first-order chi connectivity index (χ1) is 15.1. The van der Waals surface area contributed by atoms with E-state index in [2.05, 4.69) is 10.3 Å². The average Bonchev–Trinajstić information content (AvgIpc) is 3.28. The van der Waals surface area contributed by atoms with Crippen LogP contribution in [0.2, 0.25) is 0 Å². The molecular formula is C20H19F3N2O6S. The van der Waals surface area contributed by atoms with E-state index >= 15 is 0 Å². The van der Waals surface area contributed by atoms with Crippen LogP contribution in [0.4, 0.5) is 18.9 Å². The fourth-order valence-electron chi connectivity index (χ4n) is 3.28. The van der Waals surface area contributed by atoms with Crippen molar-refractivity contribution >= 4 is 34.2 Å². The third kappa shape index (κ3) is 4.69. The maximum absolute atomic E-state index is 13.9. The summed E-state index contributed by atoms with van der Waals surface area (Å²) in [5, 5.41) is 42.0. The highest BCUT2D eigenvalue weighted by Crippen LogP contribution is 2.41. The molecule has 0 fully saturated rings. The number of benzene rings is 1. The first-order valence-corrected chi connectivity index (χ1v) is 10.1. The zero-order valence-electron chi connectivity index (χ0n) is 16.2. The summed E-state index contributed by atoms with van der Waals surface area (Å²) in [7, 11) is 0. The number of fused-ring (bicyclic) bond motifs is 1. The van der Waals surface area contributed by atoms with Crippen LogP contribution in [0.5, 0.6) is 0 Å². The minimum atomic E-state index is -4.83. The van der Waals surface area contributed by atoms with Crippen LogP contribution < -0.4 is 10.9 Å². The Labute approximate surface area is 182 Å². The fourth-order valence-corrected chi connectivity index (χ4v) is 4.05. The number of nitrogens with one attached hydrogen (secondary N) is 2. The first kappa shape index (κ1) is 23.9. The Morgan fingerprint density at radius 2 is 1.88 bits per heavy atom. The second-order valence-corrected chi connectivity index (χ2v) is 7.92. The van der Waals surface area contributed by atoms with Gasteiger partial charge in [0, 0.05) is 16.0 Å². The van der Waals surface area contributed by atoms with Gasteiger partial charge in [-0.2, -0.15) is 13.2 Å². The normalized spacial score (nSPS) is 15.8. The molecule has 8 nitrogen and oxygen atoms in total. The Balaban J connectivity index is 2.05. The summed E-state index contributed by atoms with van der Waals surface area (Å²) in [5.74, 6) is 0. The molecule has 1 aromatic carbocycles. The molecule has 2 aromatic heterocycles. The third-order valence-corrected chi connectivity index (χ3v) is 5.73. The van der Waals surface area contributed by atoms with Gasteiger partial charge < -0.3 is 35.5 Å². The number of aromatic amines is 1. The molecule has 0 aliphatic heterocycles. The lowest BCUT2D eigenvalue weighted by Gasteiger charge is -2.27. The molecule has 172 valence electrons. The summed E-state index contributed by atoms with van der Waals surface area (Å²) in [4.78, 5) is 26.5. The lowest BCUT2D eigenvalue weighted by atomic mass is 10.00. The van der Waals surface area contributed by atoms with E-state index in [1.807, 2.05) is 0 Å². The number of carbonyl (C=O) groups is 1. The SMILES string of the molecule is O=C[C@H](Nc1ccc2c(C(F)(F)F)c(-c3cccs3)c(=O)[nH]c2c1)[C@@H](O)[C@H](O)[C@H](O)CO. The van der Waals surface area contributed by atoms with E-state index in [1.54, 1.807) is 5.38 Å². The van der Waals surface area contributed by atoms with Gasteiger partial charge in [-0.15, -0.1) is 11.3 Å². The number of anilines is 1. The predicted molar refractivity (Wildman–Crippen MR) is 111 cm³/mol. The summed E-state index contributed by atoms with van der Waals surface area (Å²) in [6.45, 7) is -0.867. The zero-order valence-corrected chi connectivity index (χ0v) is 17.0. The van der Waals surface area contributed by atoms with Crippen LogP contribution in [0, 0.1) is 0 Å². The van der Waals surface area contributed by atoms with E-state index in [0.29, 0.717) is 0 Å². The van der Waals surface area contributed by atoms with Crippen molar-refractivity contribution in [1.29, 1.82) is 0 Å². The number of hydrogen-bond donors (Lipinski definition) is 6. The van der Waals surface area contributed by atoms with Crippen LogP contribution in [0.25, 0.3) is 21.3 Å². The van der Waals surface area contributed by atoms with Crippen molar-refractivity contribution in [3.8, 4) is 10.4 Å². The largest absolute Gasteiger partial charge is 0.417 e. The number of H-pyrrole nitrogens is 1. The van der Waals surface area contributed by atoms with Crippen molar-refractivity contribution in [2.24, 2.45) is 0 Å². The molecule has 2 heterocycles. The molecule has 0 radical (unpaired) electrons. The standard InChI is InChI=1S/C20H19F3N2O6S/c21-20(22,23)16-10-4-3-9(24-12(7-26)17(29)18(30)13(28)8-27)6-11(10)25-19(31)15(16)14-2-1-5-32-14/h1-7,12-13,17-18,24,27-30H,8H2,(H,25,31)/t12-,13+,17+,18+/m0/s1. The Hall–Kier alpha value is -2.77. The van der Waals surface area contributed by atoms with Gasteiger partial charge in [-0.3, -0.25) is 4.79 Å². The summed E-state index contributed by atoms with van der Waals surface area (Å²) >= 11 is 0.993. The van der Waals surface area contributed by atoms with E-state index < -0.39 is 53.8 Å². The average molecular weight is 472 g/mol. The van der Waals surface area contributed by atoms with Crippen LogP contribution in [0.15, 0.2) is 40.5 Å². The molecule has 0 aliphatic carbocycles. The van der Waals surface area contributed by atoms with Crippen LogP contribution in [-0.4, -0.2) is 62.7 Å². The van der Waals surface area contributed by atoms with Gasteiger partial charge in [0.15, 0.2) is 0 Å². The number of aromatic nitrogens is 1. The quantitative estimate of drug-likeness (QED) is 0.272. The maximum Gasteiger partial charge on any atom is 0.417 e. The van der Waals surface area contributed by atoms with Gasteiger partial charge in [0.25, 0.3) is 5.56 Å². The van der Waals surface area contributed by atoms with E-state index in [1.165, 1.54) is 18.2 Å². The number of carbonyl (C=O) groups excluding carboxylic acids is 1. The number of aldehydes is 1. The number of halogens is 3. The van der Waals surface area contributed by atoms with E-state index in [4.69, 9.17) is 5.11 Å². The fraction of sp³-hybridized carbons (Fsp3) is 0.300. The van der Waals surface area contributed by atoms with Gasteiger partial charge in [-0.25, -0.2) is 0 Å². The van der Waals surface area contributed by atoms with Crippen molar-refractivity contribution in [2.75, 3.05) is 11.9 Å².